The smallest absolute Gasteiger partial charge is 0.130 e. The number of benzene rings is 2. The van der Waals surface area contributed by atoms with E-state index in [1.54, 1.807) is 7.11 Å². The van der Waals surface area contributed by atoms with Crippen molar-refractivity contribution in [2.75, 3.05) is 20.3 Å². The number of hydrogen-bond acceptors (Lipinski definition) is 7. The van der Waals surface area contributed by atoms with E-state index in [0.717, 1.165) is 22.4 Å². The molecule has 2 aliphatic rings. The predicted octanol–water partition coefficient (Wildman–Crippen LogP) is 1.95. The Morgan fingerprint density at radius 3 is 2.45 bits per heavy atom. The lowest BCUT2D eigenvalue weighted by Gasteiger charge is -2.40. The van der Waals surface area contributed by atoms with Crippen LogP contribution in [0.2, 0.25) is 5.02 Å². The van der Waals surface area contributed by atoms with E-state index in [9.17, 15) is 20.4 Å². The molecule has 168 valence electrons. The van der Waals surface area contributed by atoms with Crippen LogP contribution in [-0.2, 0) is 11.2 Å². The lowest BCUT2D eigenvalue weighted by Crippen LogP contribution is -2.55. The highest BCUT2D eigenvalue weighted by molar-refractivity contribution is 6.32. The van der Waals surface area contributed by atoms with Crippen LogP contribution in [0.1, 0.15) is 41.2 Å². The zero-order valence-corrected chi connectivity index (χ0v) is 18.1. The van der Waals surface area contributed by atoms with Gasteiger partial charge in [-0.05, 0) is 35.7 Å². The van der Waals surface area contributed by atoms with Crippen molar-refractivity contribution < 1.29 is 34.6 Å². The molecule has 0 bridgehead atoms. The molecule has 31 heavy (non-hydrogen) atoms. The minimum Gasteiger partial charge on any atom is -0.497 e. The molecule has 7 nitrogen and oxygen atoms in total. The van der Waals surface area contributed by atoms with Crippen molar-refractivity contribution in [3.05, 3.63) is 57.6 Å². The fraction of sp³-hybridized carbons (Fsp3) is 0.478. The first-order valence-corrected chi connectivity index (χ1v) is 10.6. The fourth-order valence-corrected chi connectivity index (χ4v) is 4.69. The molecule has 1 fully saturated rings. The van der Waals surface area contributed by atoms with Crippen molar-refractivity contribution in [1.29, 1.82) is 0 Å². The molecule has 0 spiro atoms. The summed E-state index contributed by atoms with van der Waals surface area (Å²) >= 11 is 6.78. The van der Waals surface area contributed by atoms with Crippen molar-refractivity contribution in [1.82, 2.24) is 0 Å². The molecule has 2 aromatic rings. The van der Waals surface area contributed by atoms with Gasteiger partial charge >= 0.3 is 0 Å². The Hall–Kier alpha value is -1.87. The topological polar surface area (TPSA) is 109 Å². The quantitative estimate of drug-likeness (QED) is 0.551. The van der Waals surface area contributed by atoms with Gasteiger partial charge in [0, 0.05) is 17.0 Å². The summed E-state index contributed by atoms with van der Waals surface area (Å²) in [7, 11) is 1.61. The molecule has 0 amide bonds. The SMILES string of the molecule is COc1ccc(Cc2cc(C3OC(CO)C(O)C(O)C3O)c3c(c2Cl)C(C)CO3)cc1. The standard InChI is InChI=1S/C23H27ClO7/c1-11-10-30-22-15(23-21(28)20(27)19(26)16(9-25)31-23)8-13(18(24)17(11)22)7-12-3-5-14(29-2)6-4-12/h3-6,8,11,16,19-21,23,25-28H,7,9-10H2,1-2H3. The maximum atomic E-state index is 10.7. The second-order valence-corrected chi connectivity index (χ2v) is 8.55. The minimum atomic E-state index is -1.47. The summed E-state index contributed by atoms with van der Waals surface area (Å²) < 4.78 is 16.9. The van der Waals surface area contributed by atoms with Crippen LogP contribution in [0.15, 0.2) is 30.3 Å². The zero-order chi connectivity index (χ0) is 22.3. The third-order valence-corrected chi connectivity index (χ3v) is 6.52. The van der Waals surface area contributed by atoms with Crippen molar-refractivity contribution in [3.63, 3.8) is 0 Å². The van der Waals surface area contributed by atoms with Gasteiger partial charge in [0.2, 0.25) is 0 Å². The minimum absolute atomic E-state index is 0.0435. The second kappa shape index (κ2) is 8.94. The Bertz CT molecular complexity index is 931. The number of rotatable bonds is 5. The molecule has 2 aromatic carbocycles. The molecule has 0 aliphatic carbocycles. The average molecular weight is 451 g/mol. The van der Waals surface area contributed by atoms with E-state index in [0.29, 0.717) is 29.4 Å². The number of aliphatic hydroxyl groups is 4. The highest BCUT2D eigenvalue weighted by Crippen LogP contribution is 2.48. The van der Waals surface area contributed by atoms with Gasteiger partial charge in [-0.15, -0.1) is 0 Å². The zero-order valence-electron chi connectivity index (χ0n) is 17.4. The summed E-state index contributed by atoms with van der Waals surface area (Å²) in [5.41, 5.74) is 3.23. The van der Waals surface area contributed by atoms with Crippen LogP contribution in [0.4, 0.5) is 0 Å². The molecule has 1 saturated heterocycles. The van der Waals surface area contributed by atoms with Gasteiger partial charge in [0.1, 0.15) is 42.0 Å². The molecule has 4 rings (SSSR count). The van der Waals surface area contributed by atoms with Crippen molar-refractivity contribution in [3.8, 4) is 11.5 Å². The van der Waals surface area contributed by atoms with E-state index in [4.69, 9.17) is 25.8 Å². The predicted molar refractivity (Wildman–Crippen MR) is 114 cm³/mol. The molecular weight excluding hydrogens is 424 g/mol. The van der Waals surface area contributed by atoms with Gasteiger partial charge in [0.05, 0.1) is 25.3 Å². The highest BCUT2D eigenvalue weighted by atomic mass is 35.5. The number of aliphatic hydroxyl groups excluding tert-OH is 4. The summed E-state index contributed by atoms with van der Waals surface area (Å²) in [6.07, 6.45) is -5.73. The van der Waals surface area contributed by atoms with Crippen LogP contribution in [0.25, 0.3) is 0 Å². The Kier molecular flexibility index (Phi) is 6.44. The molecule has 2 aliphatic heterocycles. The normalized spacial score (nSPS) is 30.0. The van der Waals surface area contributed by atoms with Crippen LogP contribution < -0.4 is 9.47 Å². The monoisotopic (exact) mass is 450 g/mol. The molecule has 4 N–H and O–H groups in total. The van der Waals surface area contributed by atoms with Crippen LogP contribution in [0.3, 0.4) is 0 Å². The average Bonchev–Trinajstić information content (AvgIpc) is 3.17. The summed E-state index contributed by atoms with van der Waals surface area (Å²) in [6, 6.07) is 9.48. The molecular formula is C23H27ClO7. The Balaban J connectivity index is 1.76. The number of hydrogen-bond donors (Lipinski definition) is 4. The first kappa shape index (κ1) is 22.3. The van der Waals surface area contributed by atoms with Gasteiger partial charge < -0.3 is 34.6 Å². The van der Waals surface area contributed by atoms with Gasteiger partial charge in [-0.1, -0.05) is 30.7 Å². The van der Waals surface area contributed by atoms with Crippen molar-refractivity contribution >= 4 is 11.6 Å². The molecule has 6 unspecified atom stereocenters. The number of fused-ring (bicyclic) bond motifs is 1. The van der Waals surface area contributed by atoms with Crippen LogP contribution in [-0.4, -0.2) is 65.2 Å². The van der Waals surface area contributed by atoms with Gasteiger partial charge in [0.15, 0.2) is 0 Å². The molecule has 0 saturated carbocycles. The number of ether oxygens (including phenoxy) is 3. The van der Waals surface area contributed by atoms with Crippen LogP contribution in [0, 0.1) is 0 Å². The maximum absolute atomic E-state index is 10.7. The van der Waals surface area contributed by atoms with Crippen molar-refractivity contribution in [2.24, 2.45) is 0 Å². The number of methoxy groups -OCH3 is 1. The third kappa shape index (κ3) is 4.02. The second-order valence-electron chi connectivity index (χ2n) is 8.17. The van der Waals surface area contributed by atoms with E-state index in [1.807, 2.05) is 37.3 Å². The molecule has 0 aromatic heterocycles. The number of halogens is 1. The Morgan fingerprint density at radius 2 is 1.81 bits per heavy atom. The molecule has 6 atom stereocenters. The van der Waals surface area contributed by atoms with Crippen LogP contribution in [0.5, 0.6) is 11.5 Å². The summed E-state index contributed by atoms with van der Waals surface area (Å²) in [4.78, 5) is 0. The van der Waals surface area contributed by atoms with E-state index in [2.05, 4.69) is 0 Å². The summed E-state index contributed by atoms with van der Waals surface area (Å²) in [5, 5.41) is 41.2. The Morgan fingerprint density at radius 1 is 1.10 bits per heavy atom. The van der Waals surface area contributed by atoms with Gasteiger partial charge in [-0.2, -0.15) is 0 Å². The van der Waals surface area contributed by atoms with E-state index >= 15 is 0 Å². The van der Waals surface area contributed by atoms with E-state index in [1.165, 1.54) is 0 Å². The largest absolute Gasteiger partial charge is 0.497 e. The first-order valence-electron chi connectivity index (χ1n) is 10.3. The van der Waals surface area contributed by atoms with Gasteiger partial charge in [0.25, 0.3) is 0 Å². The highest BCUT2D eigenvalue weighted by Gasteiger charge is 2.46. The lowest BCUT2D eigenvalue weighted by atomic mass is 9.87. The van der Waals surface area contributed by atoms with Gasteiger partial charge in [-0.25, -0.2) is 0 Å². The van der Waals surface area contributed by atoms with Crippen LogP contribution >= 0.6 is 11.6 Å². The van der Waals surface area contributed by atoms with Crippen molar-refractivity contribution in [2.45, 2.75) is 49.8 Å². The summed E-state index contributed by atoms with van der Waals surface area (Å²) in [6.45, 7) is 1.95. The fourth-order valence-electron chi connectivity index (χ4n) is 4.30. The van der Waals surface area contributed by atoms with E-state index in [-0.39, 0.29) is 5.92 Å². The summed E-state index contributed by atoms with van der Waals surface area (Å²) in [5.74, 6) is 1.33. The lowest BCUT2D eigenvalue weighted by molar-refractivity contribution is -0.232. The first-order chi connectivity index (χ1) is 14.8. The molecule has 8 heteroatoms. The molecule has 0 radical (unpaired) electrons. The third-order valence-electron chi connectivity index (χ3n) is 6.08. The Labute approximate surface area is 185 Å². The maximum Gasteiger partial charge on any atom is 0.130 e. The van der Waals surface area contributed by atoms with Gasteiger partial charge in [-0.3, -0.25) is 0 Å². The van der Waals surface area contributed by atoms with E-state index < -0.39 is 37.1 Å². The molecule has 2 heterocycles.